The van der Waals surface area contributed by atoms with Crippen molar-refractivity contribution in [2.75, 3.05) is 26.9 Å². The third kappa shape index (κ3) is 6.96. The Bertz CT molecular complexity index is 327. The lowest BCUT2D eigenvalue weighted by Crippen LogP contribution is -2.30. The van der Waals surface area contributed by atoms with Crippen LogP contribution < -0.4 is 5.73 Å². The second-order valence-corrected chi connectivity index (χ2v) is 5.74. The first-order valence-corrected chi connectivity index (χ1v) is 7.93. The van der Waals surface area contributed by atoms with Crippen molar-refractivity contribution in [1.29, 1.82) is 0 Å². The van der Waals surface area contributed by atoms with Crippen molar-refractivity contribution >= 4 is 5.71 Å². The Morgan fingerprint density at radius 3 is 2.36 bits per heavy atom. The van der Waals surface area contributed by atoms with Crippen molar-refractivity contribution in [3.05, 3.63) is 0 Å². The highest BCUT2D eigenvalue weighted by Gasteiger charge is 2.42. The zero-order valence-electron chi connectivity index (χ0n) is 13.2. The molecule has 0 aliphatic heterocycles. The molecular formula is C15H27F3N2O2. The fourth-order valence-electron chi connectivity index (χ4n) is 2.81. The lowest BCUT2D eigenvalue weighted by molar-refractivity contribution is -0.182. The standard InChI is InChI=1S/C15H27F3N2O2/c1-21-10-3-2-4-14(20-22-11-9-19)12-5-7-13(8-6-12)15(16,17)18/h12-13H,2-11,19H2,1H3/b20-14+. The van der Waals surface area contributed by atoms with Gasteiger partial charge in [0.15, 0.2) is 0 Å². The van der Waals surface area contributed by atoms with Gasteiger partial charge in [-0.05, 0) is 44.9 Å². The van der Waals surface area contributed by atoms with Gasteiger partial charge in [0.1, 0.15) is 6.61 Å². The lowest BCUT2D eigenvalue weighted by atomic mass is 9.78. The van der Waals surface area contributed by atoms with Gasteiger partial charge in [0, 0.05) is 26.2 Å². The zero-order chi connectivity index (χ0) is 16.4. The first-order valence-electron chi connectivity index (χ1n) is 7.93. The molecule has 130 valence electrons. The maximum atomic E-state index is 12.7. The molecule has 1 rings (SSSR count). The van der Waals surface area contributed by atoms with Crippen LogP contribution in [0, 0.1) is 11.8 Å². The van der Waals surface area contributed by atoms with Crippen LogP contribution in [-0.2, 0) is 9.57 Å². The summed E-state index contributed by atoms with van der Waals surface area (Å²) in [5.74, 6) is -1.07. The second kappa shape index (κ2) is 10.0. The van der Waals surface area contributed by atoms with Crippen LogP contribution in [0.5, 0.6) is 0 Å². The monoisotopic (exact) mass is 324 g/mol. The summed E-state index contributed by atoms with van der Waals surface area (Å²) in [6, 6.07) is 0. The highest BCUT2D eigenvalue weighted by atomic mass is 19.4. The van der Waals surface area contributed by atoms with Gasteiger partial charge in [0.2, 0.25) is 0 Å². The molecule has 0 aromatic rings. The van der Waals surface area contributed by atoms with E-state index in [1.54, 1.807) is 7.11 Å². The second-order valence-electron chi connectivity index (χ2n) is 5.74. The van der Waals surface area contributed by atoms with E-state index in [9.17, 15) is 13.2 Å². The first-order chi connectivity index (χ1) is 10.5. The van der Waals surface area contributed by atoms with Crippen LogP contribution in [-0.4, -0.2) is 38.8 Å². The van der Waals surface area contributed by atoms with Gasteiger partial charge in [0.05, 0.1) is 11.6 Å². The summed E-state index contributed by atoms with van der Waals surface area (Å²) in [6.07, 6.45) is -0.100. The number of alkyl halides is 3. The number of methoxy groups -OCH3 is 1. The molecule has 0 unspecified atom stereocenters. The molecule has 1 fully saturated rings. The molecule has 0 amide bonds. The van der Waals surface area contributed by atoms with E-state index in [4.69, 9.17) is 15.3 Å². The van der Waals surface area contributed by atoms with Crippen LogP contribution in [0.1, 0.15) is 44.9 Å². The quantitative estimate of drug-likeness (QED) is 0.401. The molecule has 0 aromatic heterocycles. The minimum absolute atomic E-state index is 0.0962. The first kappa shape index (κ1) is 19.2. The number of ether oxygens (including phenoxy) is 1. The van der Waals surface area contributed by atoms with Crippen molar-refractivity contribution in [2.45, 2.75) is 51.1 Å². The Hall–Kier alpha value is -0.820. The normalized spacial score (nSPS) is 23.6. The lowest BCUT2D eigenvalue weighted by Gasteiger charge is -2.30. The van der Waals surface area contributed by atoms with Gasteiger partial charge >= 0.3 is 6.18 Å². The molecule has 0 aromatic carbocycles. The summed E-state index contributed by atoms with van der Waals surface area (Å²) in [6.45, 7) is 1.39. The SMILES string of the molecule is COCCCC/C(=N\OCCN)C1CCC(C(F)(F)F)CC1. The van der Waals surface area contributed by atoms with Crippen molar-refractivity contribution in [3.8, 4) is 0 Å². The van der Waals surface area contributed by atoms with Gasteiger partial charge < -0.3 is 15.3 Å². The van der Waals surface area contributed by atoms with Crippen LogP contribution >= 0.6 is 0 Å². The van der Waals surface area contributed by atoms with E-state index in [-0.39, 0.29) is 18.8 Å². The molecule has 1 aliphatic carbocycles. The molecule has 0 atom stereocenters. The van der Waals surface area contributed by atoms with Crippen molar-refractivity contribution in [1.82, 2.24) is 0 Å². The predicted octanol–water partition coefficient (Wildman–Crippen LogP) is 3.50. The van der Waals surface area contributed by atoms with Gasteiger partial charge in [-0.1, -0.05) is 5.16 Å². The Morgan fingerprint density at radius 1 is 1.14 bits per heavy atom. The number of nitrogens with two attached hydrogens (primary N) is 1. The van der Waals surface area contributed by atoms with Crippen LogP contribution in [0.25, 0.3) is 0 Å². The summed E-state index contributed by atoms with van der Waals surface area (Å²) in [5.41, 5.74) is 6.24. The van der Waals surface area contributed by atoms with E-state index >= 15 is 0 Å². The number of unbranched alkanes of at least 4 members (excludes halogenated alkanes) is 1. The van der Waals surface area contributed by atoms with Crippen LogP contribution in [0.4, 0.5) is 13.2 Å². The Labute approximate surface area is 130 Å². The maximum Gasteiger partial charge on any atom is 0.391 e. The van der Waals surface area contributed by atoms with Gasteiger partial charge in [-0.2, -0.15) is 13.2 Å². The molecule has 0 spiro atoms. The molecule has 0 saturated heterocycles. The van der Waals surface area contributed by atoms with Crippen molar-refractivity contribution in [2.24, 2.45) is 22.7 Å². The maximum absolute atomic E-state index is 12.7. The summed E-state index contributed by atoms with van der Waals surface area (Å²) in [5, 5.41) is 4.14. The third-order valence-corrected chi connectivity index (χ3v) is 4.08. The van der Waals surface area contributed by atoms with E-state index in [2.05, 4.69) is 5.16 Å². The van der Waals surface area contributed by atoms with Gasteiger partial charge in [-0.3, -0.25) is 0 Å². The van der Waals surface area contributed by atoms with Crippen LogP contribution in [0.2, 0.25) is 0 Å². The number of oxime groups is 1. The average molecular weight is 324 g/mol. The van der Waals surface area contributed by atoms with Gasteiger partial charge in [-0.25, -0.2) is 0 Å². The molecule has 0 radical (unpaired) electrons. The smallest absolute Gasteiger partial charge is 0.391 e. The molecule has 0 heterocycles. The van der Waals surface area contributed by atoms with E-state index in [0.29, 0.717) is 32.6 Å². The summed E-state index contributed by atoms with van der Waals surface area (Å²) < 4.78 is 43.2. The topological polar surface area (TPSA) is 56.8 Å². The van der Waals surface area contributed by atoms with E-state index in [1.807, 2.05) is 0 Å². The van der Waals surface area contributed by atoms with Gasteiger partial charge in [-0.15, -0.1) is 0 Å². The number of hydrogen-bond donors (Lipinski definition) is 1. The van der Waals surface area contributed by atoms with Crippen LogP contribution in [0.15, 0.2) is 5.16 Å². The fourth-order valence-corrected chi connectivity index (χ4v) is 2.81. The molecule has 22 heavy (non-hydrogen) atoms. The fraction of sp³-hybridized carbons (Fsp3) is 0.933. The minimum atomic E-state index is -4.07. The van der Waals surface area contributed by atoms with E-state index in [1.165, 1.54) is 0 Å². The third-order valence-electron chi connectivity index (χ3n) is 4.08. The Morgan fingerprint density at radius 2 is 1.82 bits per heavy atom. The van der Waals surface area contributed by atoms with E-state index < -0.39 is 12.1 Å². The van der Waals surface area contributed by atoms with Gasteiger partial charge in [0.25, 0.3) is 0 Å². The molecule has 0 bridgehead atoms. The average Bonchev–Trinajstić information content (AvgIpc) is 2.49. The minimum Gasteiger partial charge on any atom is -0.394 e. The van der Waals surface area contributed by atoms with Crippen LogP contribution in [0.3, 0.4) is 0 Å². The molecule has 1 aliphatic rings. The van der Waals surface area contributed by atoms with Crippen molar-refractivity contribution in [3.63, 3.8) is 0 Å². The highest BCUT2D eigenvalue weighted by molar-refractivity contribution is 5.86. The summed E-state index contributed by atoms with van der Waals surface area (Å²) >= 11 is 0. The highest BCUT2D eigenvalue weighted by Crippen LogP contribution is 2.40. The molecule has 1 saturated carbocycles. The zero-order valence-corrected chi connectivity index (χ0v) is 13.2. The number of nitrogens with zero attached hydrogens (tertiary/aromatic N) is 1. The number of hydrogen-bond acceptors (Lipinski definition) is 4. The Kier molecular flexibility index (Phi) is 8.78. The Balaban J connectivity index is 2.50. The summed E-state index contributed by atoms with van der Waals surface area (Å²) in [4.78, 5) is 5.16. The van der Waals surface area contributed by atoms with E-state index in [0.717, 1.165) is 25.0 Å². The molecule has 7 heteroatoms. The van der Waals surface area contributed by atoms with Crippen molar-refractivity contribution < 1.29 is 22.7 Å². The molecular weight excluding hydrogens is 297 g/mol. The molecule has 2 N–H and O–H groups in total. The number of rotatable bonds is 9. The predicted molar refractivity (Wildman–Crippen MR) is 79.7 cm³/mol. The largest absolute Gasteiger partial charge is 0.394 e. The molecule has 4 nitrogen and oxygen atoms in total. The number of halogens is 3. The summed E-state index contributed by atoms with van der Waals surface area (Å²) in [7, 11) is 1.65.